The predicted molar refractivity (Wildman–Crippen MR) is 44.2 cm³/mol. The fourth-order valence-corrected chi connectivity index (χ4v) is 1.03. The van der Waals surface area contributed by atoms with Crippen LogP contribution in [0.4, 0.5) is 0 Å². The van der Waals surface area contributed by atoms with E-state index in [2.05, 4.69) is 0 Å². The van der Waals surface area contributed by atoms with Gasteiger partial charge < -0.3 is 9.84 Å². The molecule has 0 amide bonds. The summed E-state index contributed by atoms with van der Waals surface area (Å²) in [6.07, 6.45) is 4.46. The molecular formula is C8H11BO2. The first-order valence-corrected chi connectivity index (χ1v) is 3.60. The third-order valence-corrected chi connectivity index (χ3v) is 1.75. The van der Waals surface area contributed by atoms with Gasteiger partial charge in [0.1, 0.15) is 7.85 Å². The molecule has 0 saturated carbocycles. The molecule has 1 atom stereocenters. The number of ether oxygens (including phenoxy) is 1. The monoisotopic (exact) mass is 150 g/mol. The molecule has 2 radical (unpaired) electrons. The molecule has 0 bridgehead atoms. The Labute approximate surface area is 68.0 Å². The van der Waals surface area contributed by atoms with Gasteiger partial charge in [0.05, 0.1) is 0 Å². The number of hydrogen-bond acceptors (Lipinski definition) is 2. The molecule has 1 unspecified atom stereocenters. The Morgan fingerprint density at radius 1 is 1.55 bits per heavy atom. The number of hydrogen-bond donors (Lipinski definition) is 1. The maximum absolute atomic E-state index is 9.21. The Kier molecular flexibility index (Phi) is 2.91. The van der Waals surface area contributed by atoms with Crippen molar-refractivity contribution in [1.82, 2.24) is 0 Å². The lowest BCUT2D eigenvalue weighted by Gasteiger charge is -2.16. The molecule has 0 spiro atoms. The minimum atomic E-state index is -0.764. The van der Waals surface area contributed by atoms with Crippen molar-refractivity contribution in [1.29, 1.82) is 0 Å². The minimum absolute atomic E-state index is 0.764. The summed E-state index contributed by atoms with van der Waals surface area (Å²) >= 11 is 0. The lowest BCUT2D eigenvalue weighted by molar-refractivity contribution is -0.0467. The molecule has 1 aliphatic rings. The van der Waals surface area contributed by atoms with Crippen molar-refractivity contribution in [3.63, 3.8) is 0 Å². The maximum atomic E-state index is 9.21. The first-order valence-electron chi connectivity index (χ1n) is 3.60. The van der Waals surface area contributed by atoms with Gasteiger partial charge >= 0.3 is 0 Å². The van der Waals surface area contributed by atoms with E-state index in [1.165, 1.54) is 7.11 Å². The topological polar surface area (TPSA) is 29.5 Å². The fourth-order valence-electron chi connectivity index (χ4n) is 1.03. The Morgan fingerprint density at radius 2 is 2.27 bits per heavy atom. The SMILES string of the molecule is [B]C1=CC=C(C(O)OC)CC1. The third kappa shape index (κ3) is 2.21. The second-order valence-corrected chi connectivity index (χ2v) is 2.57. The van der Waals surface area contributed by atoms with Gasteiger partial charge in [-0.15, -0.1) is 5.47 Å². The van der Waals surface area contributed by atoms with E-state index in [4.69, 9.17) is 12.6 Å². The van der Waals surface area contributed by atoms with Crippen LogP contribution in [0.2, 0.25) is 0 Å². The van der Waals surface area contributed by atoms with E-state index in [9.17, 15) is 5.11 Å². The zero-order valence-electron chi connectivity index (χ0n) is 6.58. The lowest BCUT2D eigenvalue weighted by atomic mass is 9.85. The van der Waals surface area contributed by atoms with E-state index in [1.807, 2.05) is 6.08 Å². The van der Waals surface area contributed by atoms with Crippen LogP contribution < -0.4 is 0 Å². The van der Waals surface area contributed by atoms with Crippen LogP contribution >= 0.6 is 0 Å². The van der Waals surface area contributed by atoms with E-state index in [0.29, 0.717) is 0 Å². The van der Waals surface area contributed by atoms with Crippen molar-refractivity contribution in [2.24, 2.45) is 0 Å². The molecule has 11 heavy (non-hydrogen) atoms. The first-order chi connectivity index (χ1) is 5.24. The van der Waals surface area contributed by atoms with E-state index >= 15 is 0 Å². The Morgan fingerprint density at radius 3 is 2.73 bits per heavy atom. The highest BCUT2D eigenvalue weighted by Gasteiger charge is 2.10. The van der Waals surface area contributed by atoms with Crippen LogP contribution in [-0.2, 0) is 4.74 Å². The summed E-state index contributed by atoms with van der Waals surface area (Å²) in [5, 5.41) is 9.21. The Balaban J connectivity index is 2.60. The average Bonchev–Trinajstić information content (AvgIpc) is 2.05. The summed E-state index contributed by atoms with van der Waals surface area (Å²) in [7, 11) is 7.01. The number of allylic oxidation sites excluding steroid dienone is 3. The minimum Gasteiger partial charge on any atom is -0.364 e. The standard InChI is InChI=1S/C8H11BO2/c1-11-8(10)6-2-4-7(9)5-3-6/h2,4,8,10H,3,5H2,1H3. The van der Waals surface area contributed by atoms with E-state index in [-0.39, 0.29) is 0 Å². The molecule has 0 aromatic rings. The molecule has 0 aromatic carbocycles. The smallest absolute Gasteiger partial charge is 0.177 e. The van der Waals surface area contributed by atoms with Gasteiger partial charge in [0.15, 0.2) is 6.29 Å². The van der Waals surface area contributed by atoms with Crippen molar-refractivity contribution in [2.75, 3.05) is 7.11 Å². The van der Waals surface area contributed by atoms with Crippen LogP contribution in [-0.4, -0.2) is 26.4 Å². The zero-order chi connectivity index (χ0) is 8.27. The van der Waals surface area contributed by atoms with Gasteiger partial charge in [0, 0.05) is 7.11 Å². The van der Waals surface area contributed by atoms with Crippen molar-refractivity contribution >= 4 is 7.85 Å². The summed E-state index contributed by atoms with van der Waals surface area (Å²) in [5.41, 5.74) is 1.75. The quantitative estimate of drug-likeness (QED) is 0.464. The van der Waals surface area contributed by atoms with E-state index in [0.717, 1.165) is 23.9 Å². The van der Waals surface area contributed by atoms with Gasteiger partial charge in [-0.2, -0.15) is 0 Å². The molecule has 58 valence electrons. The highest BCUT2D eigenvalue weighted by atomic mass is 16.6. The molecule has 1 aliphatic carbocycles. The maximum Gasteiger partial charge on any atom is 0.177 e. The van der Waals surface area contributed by atoms with Crippen molar-refractivity contribution in [3.8, 4) is 0 Å². The van der Waals surface area contributed by atoms with Crippen LogP contribution in [0, 0.1) is 0 Å². The van der Waals surface area contributed by atoms with Gasteiger partial charge in [-0.25, -0.2) is 0 Å². The number of rotatable bonds is 2. The van der Waals surface area contributed by atoms with Gasteiger partial charge in [0.2, 0.25) is 0 Å². The van der Waals surface area contributed by atoms with Crippen molar-refractivity contribution in [3.05, 3.63) is 23.2 Å². The summed E-state index contributed by atoms with van der Waals surface area (Å²) in [5.74, 6) is 0. The molecule has 0 aliphatic heterocycles. The molecule has 0 saturated heterocycles. The summed E-state index contributed by atoms with van der Waals surface area (Å²) in [6, 6.07) is 0. The Hall–Kier alpha value is -0.535. The third-order valence-electron chi connectivity index (χ3n) is 1.75. The van der Waals surface area contributed by atoms with Crippen LogP contribution in [0.5, 0.6) is 0 Å². The second kappa shape index (κ2) is 3.74. The fraction of sp³-hybridized carbons (Fsp3) is 0.500. The summed E-state index contributed by atoms with van der Waals surface area (Å²) < 4.78 is 4.74. The molecule has 1 rings (SSSR count). The number of methoxy groups -OCH3 is 1. The van der Waals surface area contributed by atoms with E-state index < -0.39 is 6.29 Å². The summed E-state index contributed by atoms with van der Waals surface area (Å²) in [6.45, 7) is 0. The van der Waals surface area contributed by atoms with Crippen LogP contribution in [0.25, 0.3) is 0 Å². The van der Waals surface area contributed by atoms with Crippen molar-refractivity contribution < 1.29 is 9.84 Å². The van der Waals surface area contributed by atoms with E-state index in [1.54, 1.807) is 6.08 Å². The van der Waals surface area contributed by atoms with Gasteiger partial charge in [0.25, 0.3) is 0 Å². The average molecular weight is 150 g/mol. The largest absolute Gasteiger partial charge is 0.364 e. The number of aliphatic hydroxyl groups excluding tert-OH is 1. The molecule has 0 heterocycles. The molecule has 1 N–H and O–H groups in total. The van der Waals surface area contributed by atoms with Gasteiger partial charge in [-0.05, 0) is 18.4 Å². The zero-order valence-corrected chi connectivity index (χ0v) is 6.58. The second-order valence-electron chi connectivity index (χ2n) is 2.57. The molecule has 0 aromatic heterocycles. The molecule has 0 fully saturated rings. The lowest BCUT2D eigenvalue weighted by Crippen LogP contribution is -2.14. The first kappa shape index (κ1) is 8.56. The van der Waals surface area contributed by atoms with Gasteiger partial charge in [-0.1, -0.05) is 12.2 Å². The summed E-state index contributed by atoms with van der Waals surface area (Å²) in [4.78, 5) is 0. The van der Waals surface area contributed by atoms with Crippen LogP contribution in [0.3, 0.4) is 0 Å². The highest BCUT2D eigenvalue weighted by Crippen LogP contribution is 2.18. The van der Waals surface area contributed by atoms with Crippen LogP contribution in [0.1, 0.15) is 12.8 Å². The molecule has 3 heteroatoms. The number of aliphatic hydroxyl groups is 1. The normalized spacial score (nSPS) is 20.5. The van der Waals surface area contributed by atoms with Crippen molar-refractivity contribution in [2.45, 2.75) is 19.1 Å². The highest BCUT2D eigenvalue weighted by molar-refractivity contribution is 6.21. The molecular weight excluding hydrogens is 139 g/mol. The Bertz CT molecular complexity index is 196. The predicted octanol–water partition coefficient (Wildman–Crippen LogP) is 0.724. The van der Waals surface area contributed by atoms with Crippen LogP contribution in [0.15, 0.2) is 23.2 Å². The van der Waals surface area contributed by atoms with Gasteiger partial charge in [-0.3, -0.25) is 0 Å². The molecule has 2 nitrogen and oxygen atoms in total.